The number of nitrogens with zero attached hydrogens (tertiary/aromatic N) is 2. The maximum Gasteiger partial charge on any atom is 0.306 e. The second-order valence-corrected chi connectivity index (χ2v) is 8.89. The van der Waals surface area contributed by atoms with Crippen molar-refractivity contribution in [2.45, 2.75) is 24.3 Å². The normalized spacial score (nSPS) is 15.9. The van der Waals surface area contributed by atoms with E-state index in [2.05, 4.69) is 4.90 Å². The number of carboxylic acids is 1. The molecule has 27 heavy (non-hydrogen) atoms. The molecule has 0 spiro atoms. The molecule has 2 aromatic rings. The highest BCUT2D eigenvalue weighted by Crippen LogP contribution is 2.25. The molecule has 0 aliphatic carbocycles. The van der Waals surface area contributed by atoms with Crippen LogP contribution in [0.1, 0.15) is 18.4 Å². The first-order chi connectivity index (χ1) is 12.9. The van der Waals surface area contributed by atoms with Crippen LogP contribution < -0.4 is 4.90 Å². The molecule has 0 radical (unpaired) electrons. The summed E-state index contributed by atoms with van der Waals surface area (Å²) in [5.74, 6) is -0.997. The third-order valence-electron chi connectivity index (χ3n) is 4.98. The predicted octanol–water partition coefficient (Wildman–Crippen LogP) is 2.81. The minimum atomic E-state index is -3.54. The van der Waals surface area contributed by atoms with E-state index < -0.39 is 16.0 Å². The van der Waals surface area contributed by atoms with Gasteiger partial charge in [-0.1, -0.05) is 30.3 Å². The highest BCUT2D eigenvalue weighted by molar-refractivity contribution is 7.89. The molecule has 1 saturated heterocycles. The Bertz CT molecular complexity index is 891. The van der Waals surface area contributed by atoms with Gasteiger partial charge in [-0.2, -0.15) is 4.31 Å². The van der Waals surface area contributed by atoms with Crippen LogP contribution >= 0.6 is 0 Å². The van der Waals surface area contributed by atoms with Gasteiger partial charge in [0.05, 0.1) is 10.8 Å². The number of carboxylic acid groups (broad SMARTS) is 1. The predicted molar refractivity (Wildman–Crippen MR) is 104 cm³/mol. The summed E-state index contributed by atoms with van der Waals surface area (Å²) in [6.45, 7) is 1.66. The zero-order valence-electron chi connectivity index (χ0n) is 15.3. The molecule has 1 fully saturated rings. The summed E-state index contributed by atoms with van der Waals surface area (Å²) in [6, 6.07) is 16.2. The third kappa shape index (κ3) is 4.48. The van der Waals surface area contributed by atoms with Crippen LogP contribution in [0.3, 0.4) is 0 Å². The van der Waals surface area contributed by atoms with Crippen LogP contribution in [0.4, 0.5) is 5.69 Å². The molecule has 0 amide bonds. The Morgan fingerprint density at radius 3 is 2.41 bits per heavy atom. The Balaban J connectivity index is 1.70. The van der Waals surface area contributed by atoms with Crippen LogP contribution in [0, 0.1) is 5.92 Å². The summed E-state index contributed by atoms with van der Waals surface area (Å²) in [7, 11) is -1.96. The molecule has 2 aromatic carbocycles. The van der Waals surface area contributed by atoms with Gasteiger partial charge in [-0.15, -0.1) is 0 Å². The Morgan fingerprint density at radius 1 is 1.11 bits per heavy atom. The Hall–Kier alpha value is -2.38. The van der Waals surface area contributed by atoms with Crippen LogP contribution in [0.15, 0.2) is 59.5 Å². The number of carbonyl (C=O) groups is 1. The number of hydrogen-bond donors (Lipinski definition) is 1. The summed E-state index contributed by atoms with van der Waals surface area (Å²) in [6.07, 6.45) is 1.25. The molecule has 1 heterocycles. The maximum atomic E-state index is 12.7. The fourth-order valence-electron chi connectivity index (χ4n) is 3.35. The van der Waals surface area contributed by atoms with E-state index >= 15 is 0 Å². The van der Waals surface area contributed by atoms with E-state index in [0.29, 0.717) is 25.9 Å². The number of aliphatic carboxylic acids is 1. The van der Waals surface area contributed by atoms with E-state index in [1.807, 2.05) is 24.3 Å². The van der Waals surface area contributed by atoms with Gasteiger partial charge in [-0.05, 0) is 42.7 Å². The largest absolute Gasteiger partial charge is 0.481 e. The molecule has 1 aliphatic heterocycles. The van der Waals surface area contributed by atoms with Crippen molar-refractivity contribution in [2.75, 3.05) is 25.0 Å². The first-order valence-electron chi connectivity index (χ1n) is 8.96. The van der Waals surface area contributed by atoms with Gasteiger partial charge in [0, 0.05) is 32.4 Å². The average Bonchev–Trinajstić information content (AvgIpc) is 2.69. The lowest BCUT2D eigenvalue weighted by molar-refractivity contribution is -0.142. The fraction of sp³-hybridized carbons (Fsp3) is 0.350. The highest BCUT2D eigenvalue weighted by atomic mass is 32.2. The molecule has 0 bridgehead atoms. The first kappa shape index (κ1) is 19.4. The van der Waals surface area contributed by atoms with Gasteiger partial charge in [0.25, 0.3) is 0 Å². The molecular weight excluding hydrogens is 364 g/mol. The summed E-state index contributed by atoms with van der Waals surface area (Å²) in [4.78, 5) is 13.5. The molecule has 6 nitrogen and oxygen atoms in total. The molecule has 0 atom stereocenters. The second-order valence-electron chi connectivity index (χ2n) is 6.84. The highest BCUT2D eigenvalue weighted by Gasteiger charge is 2.25. The van der Waals surface area contributed by atoms with Crippen molar-refractivity contribution in [3.8, 4) is 0 Å². The molecule has 7 heteroatoms. The maximum absolute atomic E-state index is 12.7. The van der Waals surface area contributed by atoms with Crippen LogP contribution in [-0.2, 0) is 21.4 Å². The van der Waals surface area contributed by atoms with Gasteiger partial charge in [0.1, 0.15) is 0 Å². The molecule has 1 N–H and O–H groups in total. The summed E-state index contributed by atoms with van der Waals surface area (Å²) in [5, 5.41) is 9.13. The lowest BCUT2D eigenvalue weighted by Gasteiger charge is -2.32. The van der Waals surface area contributed by atoms with E-state index in [0.717, 1.165) is 11.3 Å². The van der Waals surface area contributed by atoms with E-state index in [4.69, 9.17) is 5.11 Å². The van der Waals surface area contributed by atoms with Crippen molar-refractivity contribution < 1.29 is 18.3 Å². The number of anilines is 1. The smallest absolute Gasteiger partial charge is 0.306 e. The molecule has 0 saturated carbocycles. The topological polar surface area (TPSA) is 77.9 Å². The van der Waals surface area contributed by atoms with E-state index in [-0.39, 0.29) is 17.4 Å². The summed E-state index contributed by atoms with van der Waals surface area (Å²) in [5.41, 5.74) is 1.90. The van der Waals surface area contributed by atoms with Crippen LogP contribution in [0.2, 0.25) is 0 Å². The number of piperidine rings is 1. The molecule has 0 unspecified atom stereocenters. The van der Waals surface area contributed by atoms with Crippen molar-refractivity contribution >= 4 is 21.7 Å². The Kier molecular flexibility index (Phi) is 5.82. The summed E-state index contributed by atoms with van der Waals surface area (Å²) >= 11 is 0. The number of sulfonamides is 1. The van der Waals surface area contributed by atoms with E-state index in [9.17, 15) is 13.2 Å². The molecule has 0 aromatic heterocycles. The quantitative estimate of drug-likeness (QED) is 0.823. The minimum Gasteiger partial charge on any atom is -0.481 e. The standard InChI is InChI=1S/C20H24N2O4S/c1-21(27(25,26)19-8-3-2-4-9-19)15-16-6-5-7-18(14-16)22-12-10-17(11-13-22)20(23)24/h2-9,14,17H,10-13,15H2,1H3,(H,23,24). The second kappa shape index (κ2) is 8.10. The van der Waals surface area contributed by atoms with Crippen molar-refractivity contribution in [2.24, 2.45) is 5.92 Å². The van der Waals surface area contributed by atoms with Crippen molar-refractivity contribution in [3.05, 3.63) is 60.2 Å². The van der Waals surface area contributed by atoms with E-state index in [1.54, 1.807) is 37.4 Å². The minimum absolute atomic E-state index is 0.272. The lowest BCUT2D eigenvalue weighted by atomic mass is 9.96. The van der Waals surface area contributed by atoms with Crippen LogP contribution in [0.25, 0.3) is 0 Å². The third-order valence-corrected chi connectivity index (χ3v) is 6.79. The number of rotatable bonds is 6. The van der Waals surface area contributed by atoms with Gasteiger partial charge in [-0.3, -0.25) is 4.79 Å². The van der Waals surface area contributed by atoms with Gasteiger partial charge in [0.2, 0.25) is 10.0 Å². The van der Waals surface area contributed by atoms with Crippen LogP contribution in [-0.4, -0.2) is 43.9 Å². The van der Waals surface area contributed by atoms with Gasteiger partial charge >= 0.3 is 5.97 Å². The zero-order valence-corrected chi connectivity index (χ0v) is 16.1. The van der Waals surface area contributed by atoms with Gasteiger partial charge in [-0.25, -0.2) is 8.42 Å². The van der Waals surface area contributed by atoms with Crippen molar-refractivity contribution in [1.29, 1.82) is 0 Å². The van der Waals surface area contributed by atoms with Crippen LogP contribution in [0.5, 0.6) is 0 Å². The number of benzene rings is 2. The Morgan fingerprint density at radius 2 is 1.78 bits per heavy atom. The van der Waals surface area contributed by atoms with Crippen molar-refractivity contribution in [3.63, 3.8) is 0 Å². The molecule has 3 rings (SSSR count). The van der Waals surface area contributed by atoms with Crippen molar-refractivity contribution in [1.82, 2.24) is 4.31 Å². The average molecular weight is 388 g/mol. The van der Waals surface area contributed by atoms with E-state index in [1.165, 1.54) is 4.31 Å². The molecule has 1 aliphatic rings. The van der Waals surface area contributed by atoms with Gasteiger partial charge < -0.3 is 10.0 Å². The van der Waals surface area contributed by atoms with Gasteiger partial charge in [0.15, 0.2) is 0 Å². The Labute approximate surface area is 160 Å². The number of hydrogen-bond acceptors (Lipinski definition) is 4. The lowest BCUT2D eigenvalue weighted by Crippen LogP contribution is -2.36. The summed E-state index contributed by atoms with van der Waals surface area (Å²) < 4.78 is 26.7. The fourth-order valence-corrected chi connectivity index (χ4v) is 4.53. The molecular formula is C20H24N2O4S. The monoisotopic (exact) mass is 388 g/mol. The zero-order chi connectivity index (χ0) is 19.4. The SMILES string of the molecule is CN(Cc1cccc(N2CCC(C(=O)O)CC2)c1)S(=O)(=O)c1ccccc1. The first-order valence-corrected chi connectivity index (χ1v) is 10.4. The molecule has 144 valence electrons.